The Morgan fingerprint density at radius 3 is 2.82 bits per heavy atom. The third kappa shape index (κ3) is 2.66. The van der Waals surface area contributed by atoms with Crippen LogP contribution in [0.15, 0.2) is 30.3 Å². The van der Waals surface area contributed by atoms with Gasteiger partial charge in [0.15, 0.2) is 0 Å². The summed E-state index contributed by atoms with van der Waals surface area (Å²) in [6, 6.07) is 9.65. The molecule has 1 aromatic carbocycles. The Labute approximate surface area is 98.2 Å². The van der Waals surface area contributed by atoms with Crippen LogP contribution < -0.4 is 0 Å². The quantitative estimate of drug-likeness (QED) is 0.732. The zero-order valence-corrected chi connectivity index (χ0v) is 9.41. The molecule has 2 aromatic rings. The molecular formula is C11H12N4O2. The van der Waals surface area contributed by atoms with Crippen molar-refractivity contribution in [1.29, 1.82) is 0 Å². The summed E-state index contributed by atoms with van der Waals surface area (Å²) in [5, 5.41) is 10.9. The number of aromatic nitrogens is 4. The lowest BCUT2D eigenvalue weighted by Crippen LogP contribution is -2.15. The molecule has 0 aliphatic heterocycles. The monoisotopic (exact) mass is 232 g/mol. The average molecular weight is 232 g/mol. The Morgan fingerprint density at radius 1 is 1.35 bits per heavy atom. The van der Waals surface area contributed by atoms with E-state index >= 15 is 0 Å². The van der Waals surface area contributed by atoms with E-state index in [0.717, 1.165) is 5.56 Å². The van der Waals surface area contributed by atoms with Gasteiger partial charge < -0.3 is 4.74 Å². The van der Waals surface area contributed by atoms with Crippen molar-refractivity contribution in [2.45, 2.75) is 13.5 Å². The highest BCUT2D eigenvalue weighted by Crippen LogP contribution is 2.03. The first kappa shape index (κ1) is 11.3. The molecule has 0 fully saturated rings. The maximum Gasteiger partial charge on any atom is 0.378 e. The van der Waals surface area contributed by atoms with Crippen LogP contribution in [0.5, 0.6) is 0 Å². The van der Waals surface area contributed by atoms with Crippen molar-refractivity contribution < 1.29 is 9.53 Å². The van der Waals surface area contributed by atoms with E-state index in [4.69, 9.17) is 4.74 Å². The number of hydrogen-bond acceptors (Lipinski definition) is 5. The fourth-order valence-corrected chi connectivity index (χ4v) is 1.41. The molecule has 2 rings (SSSR count). The van der Waals surface area contributed by atoms with E-state index in [9.17, 15) is 4.79 Å². The molecule has 0 amide bonds. The summed E-state index contributed by atoms with van der Waals surface area (Å²) >= 11 is 0. The molecule has 0 radical (unpaired) electrons. The van der Waals surface area contributed by atoms with Crippen LogP contribution >= 0.6 is 0 Å². The van der Waals surface area contributed by atoms with Gasteiger partial charge in [-0.3, -0.25) is 0 Å². The van der Waals surface area contributed by atoms with Crippen LogP contribution in [0.1, 0.15) is 23.1 Å². The molecule has 0 aliphatic carbocycles. The molecule has 0 atom stereocenters. The second kappa shape index (κ2) is 5.20. The van der Waals surface area contributed by atoms with Gasteiger partial charge in [0.25, 0.3) is 5.82 Å². The number of ether oxygens (including phenoxy) is 1. The smallest absolute Gasteiger partial charge is 0.378 e. The predicted octanol–water partition coefficient (Wildman–Crippen LogP) is 0.898. The largest absolute Gasteiger partial charge is 0.460 e. The van der Waals surface area contributed by atoms with Gasteiger partial charge in [-0.25, -0.2) is 9.48 Å². The maximum absolute atomic E-state index is 11.5. The minimum Gasteiger partial charge on any atom is -0.460 e. The van der Waals surface area contributed by atoms with Crippen molar-refractivity contribution in [2.75, 3.05) is 6.61 Å². The van der Waals surface area contributed by atoms with Gasteiger partial charge in [-0.1, -0.05) is 30.3 Å². The van der Waals surface area contributed by atoms with Crippen LogP contribution in [0.2, 0.25) is 0 Å². The number of hydrogen-bond donors (Lipinski definition) is 0. The zero-order valence-electron chi connectivity index (χ0n) is 9.41. The summed E-state index contributed by atoms with van der Waals surface area (Å²) in [5.74, 6) is -0.385. The molecule has 0 N–H and O–H groups in total. The highest BCUT2D eigenvalue weighted by atomic mass is 16.5. The second-order valence-corrected chi connectivity index (χ2v) is 3.37. The third-order valence-corrected chi connectivity index (χ3v) is 2.17. The minimum absolute atomic E-state index is 0.121. The zero-order chi connectivity index (χ0) is 12.1. The van der Waals surface area contributed by atoms with E-state index in [1.807, 2.05) is 30.3 Å². The van der Waals surface area contributed by atoms with E-state index < -0.39 is 5.97 Å². The molecule has 1 aromatic heterocycles. The first-order chi connectivity index (χ1) is 8.31. The number of rotatable bonds is 4. The van der Waals surface area contributed by atoms with Crippen LogP contribution in [-0.2, 0) is 11.3 Å². The SMILES string of the molecule is CCOC(=O)c1nnnn1Cc1ccccc1. The molecular weight excluding hydrogens is 220 g/mol. The lowest BCUT2D eigenvalue weighted by Gasteiger charge is -2.03. The fourth-order valence-electron chi connectivity index (χ4n) is 1.41. The van der Waals surface area contributed by atoms with Crippen molar-refractivity contribution in [3.05, 3.63) is 41.7 Å². The molecule has 6 heteroatoms. The minimum atomic E-state index is -0.506. The number of esters is 1. The molecule has 0 aliphatic rings. The molecule has 0 unspecified atom stereocenters. The second-order valence-electron chi connectivity index (χ2n) is 3.37. The van der Waals surface area contributed by atoms with Crippen molar-refractivity contribution in [3.8, 4) is 0 Å². The molecule has 0 saturated carbocycles. The standard InChI is InChI=1S/C11H12N4O2/c1-2-17-11(16)10-12-13-14-15(10)8-9-6-4-3-5-7-9/h3-7H,2,8H2,1H3. The van der Waals surface area contributed by atoms with E-state index in [2.05, 4.69) is 15.5 Å². The van der Waals surface area contributed by atoms with Gasteiger partial charge in [0.2, 0.25) is 0 Å². The van der Waals surface area contributed by atoms with Gasteiger partial charge >= 0.3 is 5.97 Å². The molecule has 0 saturated heterocycles. The van der Waals surface area contributed by atoms with Crippen LogP contribution in [-0.4, -0.2) is 32.8 Å². The third-order valence-electron chi connectivity index (χ3n) is 2.17. The van der Waals surface area contributed by atoms with Crippen molar-refractivity contribution in [3.63, 3.8) is 0 Å². The molecule has 1 heterocycles. The number of carbonyl (C=O) groups excluding carboxylic acids is 1. The average Bonchev–Trinajstić information content (AvgIpc) is 2.79. The van der Waals surface area contributed by atoms with Gasteiger partial charge in [-0.15, -0.1) is 5.10 Å². The predicted molar refractivity (Wildman–Crippen MR) is 59.3 cm³/mol. The highest BCUT2D eigenvalue weighted by molar-refractivity contribution is 5.85. The van der Waals surface area contributed by atoms with Gasteiger partial charge in [0.05, 0.1) is 13.2 Å². The summed E-state index contributed by atoms with van der Waals surface area (Å²) in [5.41, 5.74) is 1.02. The van der Waals surface area contributed by atoms with Crippen molar-refractivity contribution >= 4 is 5.97 Å². The Morgan fingerprint density at radius 2 is 2.12 bits per heavy atom. The summed E-state index contributed by atoms with van der Waals surface area (Å²) < 4.78 is 6.29. The van der Waals surface area contributed by atoms with Gasteiger partial charge in [-0.05, 0) is 22.9 Å². The van der Waals surface area contributed by atoms with Gasteiger partial charge in [0.1, 0.15) is 0 Å². The van der Waals surface area contributed by atoms with Crippen molar-refractivity contribution in [1.82, 2.24) is 20.2 Å². The van der Waals surface area contributed by atoms with Crippen LogP contribution in [0.25, 0.3) is 0 Å². The van der Waals surface area contributed by atoms with Crippen molar-refractivity contribution in [2.24, 2.45) is 0 Å². The molecule has 0 bridgehead atoms. The number of nitrogens with zero attached hydrogens (tertiary/aromatic N) is 4. The molecule has 17 heavy (non-hydrogen) atoms. The fraction of sp³-hybridized carbons (Fsp3) is 0.273. The summed E-state index contributed by atoms with van der Waals surface area (Å²) in [6.45, 7) is 2.49. The molecule has 88 valence electrons. The topological polar surface area (TPSA) is 69.9 Å². The van der Waals surface area contributed by atoms with Gasteiger partial charge in [-0.2, -0.15) is 0 Å². The Balaban J connectivity index is 2.17. The number of carbonyl (C=O) groups is 1. The first-order valence-corrected chi connectivity index (χ1v) is 5.28. The summed E-state index contributed by atoms with van der Waals surface area (Å²) in [4.78, 5) is 11.5. The first-order valence-electron chi connectivity index (χ1n) is 5.28. The van der Waals surface area contributed by atoms with E-state index in [1.165, 1.54) is 4.68 Å². The highest BCUT2D eigenvalue weighted by Gasteiger charge is 2.16. The summed E-state index contributed by atoms with van der Waals surface area (Å²) in [7, 11) is 0. The van der Waals surface area contributed by atoms with Crippen LogP contribution in [0.3, 0.4) is 0 Å². The number of benzene rings is 1. The van der Waals surface area contributed by atoms with Crippen LogP contribution in [0.4, 0.5) is 0 Å². The Kier molecular flexibility index (Phi) is 3.44. The molecule has 6 nitrogen and oxygen atoms in total. The van der Waals surface area contributed by atoms with Gasteiger partial charge in [0, 0.05) is 0 Å². The lowest BCUT2D eigenvalue weighted by molar-refractivity contribution is 0.0505. The maximum atomic E-state index is 11.5. The van der Waals surface area contributed by atoms with E-state index in [0.29, 0.717) is 13.2 Å². The Hall–Kier alpha value is -2.24. The Bertz CT molecular complexity index is 495. The van der Waals surface area contributed by atoms with Crippen LogP contribution in [0, 0.1) is 0 Å². The van der Waals surface area contributed by atoms with E-state index in [1.54, 1.807) is 6.92 Å². The summed E-state index contributed by atoms with van der Waals surface area (Å²) in [6.07, 6.45) is 0. The lowest BCUT2D eigenvalue weighted by atomic mass is 10.2. The van der Waals surface area contributed by atoms with E-state index in [-0.39, 0.29) is 5.82 Å². The molecule has 0 spiro atoms. The number of tetrazole rings is 1. The normalized spacial score (nSPS) is 10.2.